The molecular formula is C16H19BrN2S2. The number of hydrogen-bond donors (Lipinski definition) is 1. The van der Waals surface area contributed by atoms with Crippen LogP contribution >= 0.6 is 39.0 Å². The van der Waals surface area contributed by atoms with Crippen LogP contribution in [0.3, 0.4) is 0 Å². The van der Waals surface area contributed by atoms with E-state index in [1.54, 1.807) is 0 Å². The molecule has 0 amide bonds. The SMILES string of the molecule is CCNC1CCCc2sc(CSc3ccccc3Br)nc21. The van der Waals surface area contributed by atoms with E-state index in [2.05, 4.69) is 52.4 Å². The number of nitrogens with one attached hydrogen (secondary N) is 1. The van der Waals surface area contributed by atoms with E-state index in [0.29, 0.717) is 6.04 Å². The van der Waals surface area contributed by atoms with E-state index in [1.165, 1.54) is 44.2 Å². The van der Waals surface area contributed by atoms with Crippen molar-refractivity contribution < 1.29 is 0 Å². The first kappa shape index (κ1) is 15.5. The molecule has 1 aliphatic rings. The van der Waals surface area contributed by atoms with Gasteiger partial charge in [-0.3, -0.25) is 0 Å². The largest absolute Gasteiger partial charge is 0.309 e. The summed E-state index contributed by atoms with van der Waals surface area (Å²) in [5.74, 6) is 0.957. The second kappa shape index (κ2) is 7.27. The van der Waals surface area contributed by atoms with Crippen LogP contribution in [0.2, 0.25) is 0 Å². The maximum atomic E-state index is 4.92. The van der Waals surface area contributed by atoms with Gasteiger partial charge in [-0.2, -0.15) is 0 Å². The Morgan fingerprint density at radius 1 is 1.43 bits per heavy atom. The molecule has 112 valence electrons. The van der Waals surface area contributed by atoms with Crippen molar-refractivity contribution in [3.8, 4) is 0 Å². The average Bonchev–Trinajstić information content (AvgIpc) is 2.91. The number of hydrogen-bond acceptors (Lipinski definition) is 4. The zero-order valence-corrected chi connectivity index (χ0v) is 15.3. The number of halogens is 1. The van der Waals surface area contributed by atoms with Gasteiger partial charge in [-0.15, -0.1) is 23.1 Å². The zero-order chi connectivity index (χ0) is 14.7. The molecule has 1 unspecified atom stereocenters. The third kappa shape index (κ3) is 3.70. The van der Waals surface area contributed by atoms with Gasteiger partial charge >= 0.3 is 0 Å². The first-order valence-electron chi connectivity index (χ1n) is 7.37. The van der Waals surface area contributed by atoms with E-state index in [-0.39, 0.29) is 0 Å². The van der Waals surface area contributed by atoms with Crippen molar-refractivity contribution >= 4 is 39.0 Å². The molecule has 0 saturated carbocycles. The molecule has 21 heavy (non-hydrogen) atoms. The molecule has 1 heterocycles. The Balaban J connectivity index is 1.71. The molecule has 2 nitrogen and oxygen atoms in total. The Hall–Kier alpha value is -0.360. The van der Waals surface area contributed by atoms with Gasteiger partial charge in [0.15, 0.2) is 0 Å². The molecule has 2 aromatic rings. The van der Waals surface area contributed by atoms with Gasteiger partial charge in [-0.05, 0) is 53.9 Å². The highest BCUT2D eigenvalue weighted by Crippen LogP contribution is 2.36. The second-order valence-electron chi connectivity index (χ2n) is 5.14. The topological polar surface area (TPSA) is 24.9 Å². The van der Waals surface area contributed by atoms with Crippen LogP contribution in [-0.4, -0.2) is 11.5 Å². The van der Waals surface area contributed by atoms with Crippen molar-refractivity contribution in [2.45, 2.75) is 42.9 Å². The number of rotatable bonds is 5. The summed E-state index contributed by atoms with van der Waals surface area (Å²) in [6, 6.07) is 8.86. The molecule has 1 aromatic heterocycles. The third-order valence-corrected chi connectivity index (χ3v) is 6.99. The van der Waals surface area contributed by atoms with E-state index in [4.69, 9.17) is 4.98 Å². The second-order valence-corrected chi connectivity index (χ2v) is 8.18. The first-order chi connectivity index (χ1) is 10.3. The lowest BCUT2D eigenvalue weighted by Gasteiger charge is -2.21. The van der Waals surface area contributed by atoms with Gasteiger partial charge in [0.05, 0.1) is 17.5 Å². The molecule has 1 aliphatic carbocycles. The predicted molar refractivity (Wildman–Crippen MR) is 95.2 cm³/mol. The van der Waals surface area contributed by atoms with Gasteiger partial charge in [0.1, 0.15) is 5.01 Å². The highest BCUT2D eigenvalue weighted by atomic mass is 79.9. The zero-order valence-electron chi connectivity index (χ0n) is 12.1. The van der Waals surface area contributed by atoms with Crippen LogP contribution in [0.25, 0.3) is 0 Å². The fourth-order valence-corrected chi connectivity index (χ4v) is 5.41. The van der Waals surface area contributed by atoms with Crippen molar-refractivity contribution in [1.82, 2.24) is 10.3 Å². The Kier molecular flexibility index (Phi) is 5.38. The smallest absolute Gasteiger partial charge is 0.103 e. The molecule has 0 aliphatic heterocycles. The summed E-state index contributed by atoms with van der Waals surface area (Å²) in [6.45, 7) is 3.19. The van der Waals surface area contributed by atoms with Gasteiger partial charge in [0, 0.05) is 14.2 Å². The van der Waals surface area contributed by atoms with E-state index < -0.39 is 0 Å². The number of aromatic nitrogens is 1. The van der Waals surface area contributed by atoms with Crippen LogP contribution in [0.15, 0.2) is 33.6 Å². The summed E-state index contributed by atoms with van der Waals surface area (Å²) in [5, 5.41) is 4.82. The Bertz CT molecular complexity index is 612. The summed E-state index contributed by atoms with van der Waals surface area (Å²) in [5.41, 5.74) is 1.32. The maximum absolute atomic E-state index is 4.92. The summed E-state index contributed by atoms with van der Waals surface area (Å²) < 4.78 is 1.17. The standard InChI is InChI=1S/C16H19BrN2S2/c1-2-18-12-7-5-9-14-16(12)19-15(21-14)10-20-13-8-4-3-6-11(13)17/h3-4,6,8,12,18H,2,5,7,9-10H2,1H3. The summed E-state index contributed by atoms with van der Waals surface area (Å²) in [7, 11) is 0. The van der Waals surface area contributed by atoms with Crippen molar-refractivity contribution in [3.05, 3.63) is 44.3 Å². The molecule has 1 N–H and O–H groups in total. The maximum Gasteiger partial charge on any atom is 0.103 e. The highest BCUT2D eigenvalue weighted by Gasteiger charge is 2.23. The number of benzene rings is 1. The number of thioether (sulfide) groups is 1. The number of thiazole rings is 1. The Labute approximate surface area is 142 Å². The number of nitrogens with zero attached hydrogens (tertiary/aromatic N) is 1. The van der Waals surface area contributed by atoms with Crippen LogP contribution in [0.5, 0.6) is 0 Å². The van der Waals surface area contributed by atoms with E-state index in [9.17, 15) is 0 Å². The minimum Gasteiger partial charge on any atom is -0.309 e. The quantitative estimate of drug-likeness (QED) is 0.720. The van der Waals surface area contributed by atoms with Gasteiger partial charge in [-0.1, -0.05) is 19.1 Å². The molecule has 0 radical (unpaired) electrons. The van der Waals surface area contributed by atoms with E-state index in [1.807, 2.05) is 23.1 Å². The fourth-order valence-electron chi connectivity index (χ4n) is 2.68. The van der Waals surface area contributed by atoms with Gasteiger partial charge in [0.25, 0.3) is 0 Å². The minimum absolute atomic E-state index is 0.470. The van der Waals surface area contributed by atoms with Crippen molar-refractivity contribution in [1.29, 1.82) is 0 Å². The molecule has 0 spiro atoms. The highest BCUT2D eigenvalue weighted by molar-refractivity contribution is 9.10. The van der Waals surface area contributed by atoms with Crippen LogP contribution in [0, 0.1) is 0 Å². The van der Waals surface area contributed by atoms with Gasteiger partial charge < -0.3 is 5.32 Å². The molecule has 1 aromatic carbocycles. The monoisotopic (exact) mass is 382 g/mol. The van der Waals surface area contributed by atoms with Crippen LogP contribution in [0.1, 0.15) is 41.4 Å². The lowest BCUT2D eigenvalue weighted by molar-refractivity contribution is 0.465. The summed E-state index contributed by atoms with van der Waals surface area (Å²) >= 11 is 7.37. The molecule has 1 atom stereocenters. The summed E-state index contributed by atoms with van der Waals surface area (Å²) in [6.07, 6.45) is 3.71. The normalized spacial score (nSPS) is 17.7. The average molecular weight is 383 g/mol. The molecule has 3 rings (SSSR count). The molecular weight excluding hydrogens is 364 g/mol. The first-order valence-corrected chi connectivity index (χ1v) is 9.96. The minimum atomic E-state index is 0.470. The van der Waals surface area contributed by atoms with E-state index in [0.717, 1.165) is 12.3 Å². The fraction of sp³-hybridized carbons (Fsp3) is 0.438. The van der Waals surface area contributed by atoms with Gasteiger partial charge in [-0.25, -0.2) is 4.98 Å². The molecule has 5 heteroatoms. The number of fused-ring (bicyclic) bond motifs is 1. The van der Waals surface area contributed by atoms with Crippen molar-refractivity contribution in [3.63, 3.8) is 0 Å². The van der Waals surface area contributed by atoms with Gasteiger partial charge in [0.2, 0.25) is 0 Å². The summed E-state index contributed by atoms with van der Waals surface area (Å²) in [4.78, 5) is 7.70. The molecule has 0 bridgehead atoms. The van der Waals surface area contributed by atoms with E-state index >= 15 is 0 Å². The third-order valence-electron chi connectivity index (χ3n) is 3.64. The Morgan fingerprint density at radius 2 is 2.29 bits per heavy atom. The Morgan fingerprint density at radius 3 is 3.10 bits per heavy atom. The van der Waals surface area contributed by atoms with Crippen molar-refractivity contribution in [2.75, 3.05) is 6.54 Å². The van der Waals surface area contributed by atoms with Crippen LogP contribution < -0.4 is 5.32 Å². The lowest BCUT2D eigenvalue weighted by Crippen LogP contribution is -2.24. The number of aryl methyl sites for hydroxylation is 1. The molecule has 0 saturated heterocycles. The molecule has 0 fully saturated rings. The van der Waals surface area contributed by atoms with Crippen molar-refractivity contribution in [2.24, 2.45) is 0 Å². The van der Waals surface area contributed by atoms with Crippen LogP contribution in [-0.2, 0) is 12.2 Å². The lowest BCUT2D eigenvalue weighted by atomic mass is 9.98. The van der Waals surface area contributed by atoms with Crippen LogP contribution in [0.4, 0.5) is 0 Å². The predicted octanol–water partition coefficient (Wildman–Crippen LogP) is 5.18.